The molecular weight excluding hydrogens is 296 g/mol. The van der Waals surface area contributed by atoms with E-state index in [1.807, 2.05) is 26.1 Å². The largest absolute Gasteiger partial charge is 0.326 e. The third-order valence-corrected chi connectivity index (χ3v) is 3.95. The molecule has 22 heavy (non-hydrogen) atoms. The van der Waals surface area contributed by atoms with Crippen LogP contribution in [0.4, 0.5) is 5.69 Å². The molecule has 1 amide bonds. The molecule has 2 aromatic rings. The summed E-state index contributed by atoms with van der Waals surface area (Å²) in [6.45, 7) is 5.25. The van der Waals surface area contributed by atoms with Gasteiger partial charge in [-0.15, -0.1) is 0 Å². The van der Waals surface area contributed by atoms with E-state index in [9.17, 15) is 4.79 Å². The zero-order chi connectivity index (χ0) is 16.1. The molecule has 0 aromatic heterocycles. The SMILES string of the molecule is Cc1ccc(C[NH+](C)CC(=O)Nc2ccc(C)c(Cl)c2)cc1. The van der Waals surface area contributed by atoms with Gasteiger partial charge in [-0.2, -0.15) is 0 Å². The second-order valence-electron chi connectivity index (χ2n) is 5.81. The van der Waals surface area contributed by atoms with E-state index >= 15 is 0 Å². The first kappa shape index (κ1) is 16.5. The summed E-state index contributed by atoms with van der Waals surface area (Å²) in [6.07, 6.45) is 0. The molecule has 1 unspecified atom stereocenters. The molecule has 116 valence electrons. The molecule has 0 saturated carbocycles. The van der Waals surface area contributed by atoms with E-state index in [0.29, 0.717) is 11.6 Å². The maximum atomic E-state index is 12.1. The molecule has 4 heteroatoms. The van der Waals surface area contributed by atoms with E-state index in [4.69, 9.17) is 11.6 Å². The highest BCUT2D eigenvalue weighted by atomic mass is 35.5. The Kier molecular flexibility index (Phi) is 5.58. The monoisotopic (exact) mass is 317 g/mol. The molecule has 0 aliphatic heterocycles. The zero-order valence-electron chi connectivity index (χ0n) is 13.2. The van der Waals surface area contributed by atoms with Crippen LogP contribution in [0.1, 0.15) is 16.7 Å². The fourth-order valence-electron chi connectivity index (χ4n) is 2.27. The van der Waals surface area contributed by atoms with Crippen molar-refractivity contribution in [3.63, 3.8) is 0 Å². The summed E-state index contributed by atoms with van der Waals surface area (Å²) >= 11 is 6.07. The summed E-state index contributed by atoms with van der Waals surface area (Å²) in [5, 5.41) is 3.56. The van der Waals surface area contributed by atoms with Gasteiger partial charge in [0, 0.05) is 16.3 Å². The van der Waals surface area contributed by atoms with Crippen LogP contribution in [-0.4, -0.2) is 19.5 Å². The Morgan fingerprint density at radius 3 is 2.45 bits per heavy atom. The van der Waals surface area contributed by atoms with Gasteiger partial charge in [0.25, 0.3) is 5.91 Å². The Balaban J connectivity index is 1.88. The van der Waals surface area contributed by atoms with Crippen LogP contribution in [0, 0.1) is 13.8 Å². The average molecular weight is 318 g/mol. The van der Waals surface area contributed by atoms with Crippen molar-refractivity contribution in [1.82, 2.24) is 0 Å². The van der Waals surface area contributed by atoms with Crippen LogP contribution in [0.15, 0.2) is 42.5 Å². The predicted octanol–water partition coefficient (Wildman–Crippen LogP) is 2.61. The van der Waals surface area contributed by atoms with Gasteiger partial charge >= 0.3 is 0 Å². The van der Waals surface area contributed by atoms with Crippen LogP contribution < -0.4 is 10.2 Å². The van der Waals surface area contributed by atoms with Gasteiger partial charge in [-0.1, -0.05) is 47.5 Å². The standard InChI is InChI=1S/C18H21ClN2O/c1-13-4-7-15(8-5-13)11-21(3)12-18(22)20-16-9-6-14(2)17(19)10-16/h4-10H,11-12H2,1-3H3,(H,20,22)/p+1. The Morgan fingerprint density at radius 1 is 1.14 bits per heavy atom. The molecule has 0 spiro atoms. The minimum atomic E-state index is -0.00969. The van der Waals surface area contributed by atoms with Gasteiger partial charge in [-0.05, 0) is 31.5 Å². The van der Waals surface area contributed by atoms with Crippen molar-refractivity contribution < 1.29 is 9.69 Å². The number of quaternary nitrogens is 1. The number of aryl methyl sites for hydroxylation is 2. The highest BCUT2D eigenvalue weighted by molar-refractivity contribution is 6.31. The highest BCUT2D eigenvalue weighted by Crippen LogP contribution is 2.19. The van der Waals surface area contributed by atoms with Gasteiger partial charge in [0.15, 0.2) is 6.54 Å². The minimum absolute atomic E-state index is 0.00969. The Bertz CT molecular complexity index is 653. The second kappa shape index (κ2) is 7.43. The molecule has 2 aromatic carbocycles. The lowest BCUT2D eigenvalue weighted by molar-refractivity contribution is -0.885. The number of likely N-dealkylation sites (N-methyl/N-ethyl adjacent to an activating group) is 1. The lowest BCUT2D eigenvalue weighted by Crippen LogP contribution is -3.08. The Morgan fingerprint density at radius 2 is 1.82 bits per heavy atom. The van der Waals surface area contributed by atoms with Crippen molar-refractivity contribution in [3.05, 3.63) is 64.2 Å². The molecule has 0 radical (unpaired) electrons. The first-order valence-electron chi connectivity index (χ1n) is 7.37. The second-order valence-corrected chi connectivity index (χ2v) is 6.22. The van der Waals surface area contributed by atoms with Gasteiger partial charge in [-0.25, -0.2) is 0 Å². The summed E-state index contributed by atoms with van der Waals surface area (Å²) in [5.41, 5.74) is 4.22. The number of rotatable bonds is 5. The third kappa shape index (κ3) is 4.86. The number of anilines is 1. The summed E-state index contributed by atoms with van der Waals surface area (Å²) in [7, 11) is 2.02. The molecule has 2 rings (SSSR count). The molecule has 3 nitrogen and oxygen atoms in total. The van der Waals surface area contributed by atoms with Gasteiger partial charge in [0.2, 0.25) is 0 Å². The molecule has 0 saturated heterocycles. The first-order valence-corrected chi connectivity index (χ1v) is 7.74. The Hall–Kier alpha value is -1.84. The fraction of sp³-hybridized carbons (Fsp3) is 0.278. The number of nitrogens with one attached hydrogen (secondary N) is 2. The van der Waals surface area contributed by atoms with E-state index in [2.05, 4.69) is 36.5 Å². The molecule has 0 fully saturated rings. The summed E-state index contributed by atoms with van der Waals surface area (Å²) in [6, 6.07) is 14.0. The quantitative estimate of drug-likeness (QED) is 0.873. The maximum absolute atomic E-state index is 12.1. The van der Waals surface area contributed by atoms with E-state index < -0.39 is 0 Å². The number of carbonyl (C=O) groups excluding carboxylic acids is 1. The Labute approximate surface area is 136 Å². The smallest absolute Gasteiger partial charge is 0.279 e. The highest BCUT2D eigenvalue weighted by Gasteiger charge is 2.11. The molecule has 2 N–H and O–H groups in total. The van der Waals surface area contributed by atoms with E-state index in [1.54, 1.807) is 6.07 Å². The molecule has 1 atom stereocenters. The van der Waals surface area contributed by atoms with Crippen LogP contribution in [0.25, 0.3) is 0 Å². The third-order valence-electron chi connectivity index (χ3n) is 3.54. The van der Waals surface area contributed by atoms with Crippen LogP contribution in [0.5, 0.6) is 0 Å². The van der Waals surface area contributed by atoms with Crippen LogP contribution in [0.3, 0.4) is 0 Å². The van der Waals surface area contributed by atoms with Crippen molar-refractivity contribution in [3.8, 4) is 0 Å². The average Bonchev–Trinajstić information content (AvgIpc) is 2.45. The van der Waals surface area contributed by atoms with Crippen molar-refractivity contribution >= 4 is 23.2 Å². The number of hydrogen-bond donors (Lipinski definition) is 2. The number of hydrogen-bond acceptors (Lipinski definition) is 1. The van der Waals surface area contributed by atoms with Gasteiger partial charge in [0.05, 0.1) is 7.05 Å². The van der Waals surface area contributed by atoms with E-state index in [1.165, 1.54) is 11.1 Å². The number of carbonyl (C=O) groups is 1. The lowest BCUT2D eigenvalue weighted by atomic mass is 10.1. The molecular formula is C18H22ClN2O+. The van der Waals surface area contributed by atoms with Crippen LogP contribution >= 0.6 is 11.6 Å². The summed E-state index contributed by atoms with van der Waals surface area (Å²) in [4.78, 5) is 13.2. The topological polar surface area (TPSA) is 33.5 Å². The lowest BCUT2D eigenvalue weighted by Gasteiger charge is -2.14. The number of benzene rings is 2. The van der Waals surface area contributed by atoms with Crippen molar-refractivity contribution in [2.75, 3.05) is 18.9 Å². The summed E-state index contributed by atoms with van der Waals surface area (Å²) in [5.74, 6) is -0.00969. The zero-order valence-corrected chi connectivity index (χ0v) is 14.0. The van der Waals surface area contributed by atoms with Crippen LogP contribution in [-0.2, 0) is 11.3 Å². The van der Waals surface area contributed by atoms with Crippen molar-refractivity contribution in [1.29, 1.82) is 0 Å². The fourth-order valence-corrected chi connectivity index (χ4v) is 2.45. The molecule has 0 bridgehead atoms. The van der Waals surface area contributed by atoms with E-state index in [-0.39, 0.29) is 5.91 Å². The normalized spacial score (nSPS) is 12.0. The molecule has 0 aliphatic rings. The van der Waals surface area contributed by atoms with Gasteiger partial charge in [-0.3, -0.25) is 4.79 Å². The predicted molar refractivity (Wildman–Crippen MR) is 91.5 cm³/mol. The van der Waals surface area contributed by atoms with Gasteiger partial charge < -0.3 is 10.2 Å². The van der Waals surface area contributed by atoms with Crippen LogP contribution in [0.2, 0.25) is 5.02 Å². The number of halogens is 1. The maximum Gasteiger partial charge on any atom is 0.279 e. The van der Waals surface area contributed by atoms with Crippen molar-refractivity contribution in [2.45, 2.75) is 20.4 Å². The molecule has 0 heterocycles. The van der Waals surface area contributed by atoms with E-state index in [0.717, 1.165) is 22.7 Å². The van der Waals surface area contributed by atoms with Gasteiger partial charge in [0.1, 0.15) is 6.54 Å². The summed E-state index contributed by atoms with van der Waals surface area (Å²) < 4.78 is 0. The van der Waals surface area contributed by atoms with Crippen molar-refractivity contribution in [2.24, 2.45) is 0 Å². The molecule has 0 aliphatic carbocycles. The minimum Gasteiger partial charge on any atom is -0.326 e. The number of amides is 1. The first-order chi connectivity index (χ1) is 10.4.